The zero-order valence-corrected chi connectivity index (χ0v) is 10.6. The molecule has 0 N–H and O–H groups in total. The number of carbonyl (C=O) groups excluding carboxylic acids is 1. The van der Waals surface area contributed by atoms with Crippen LogP contribution in [0, 0.1) is 0 Å². The lowest BCUT2D eigenvalue weighted by molar-refractivity contribution is 0.112. The SMILES string of the molecule is CS(=O)(=O)CCn1cc(C=O)c(-c2ccco2)n1. The first-order chi connectivity index (χ1) is 8.49. The quantitative estimate of drug-likeness (QED) is 0.755. The fourth-order valence-corrected chi connectivity index (χ4v) is 2.02. The van der Waals surface area contributed by atoms with Crippen LogP contribution in [0.2, 0.25) is 0 Å². The van der Waals surface area contributed by atoms with Gasteiger partial charge in [0.1, 0.15) is 15.5 Å². The highest BCUT2D eigenvalue weighted by Gasteiger charge is 2.13. The number of carbonyl (C=O) groups is 1. The van der Waals surface area contributed by atoms with Gasteiger partial charge in [-0.05, 0) is 12.1 Å². The number of nitrogens with zero attached hydrogens (tertiary/aromatic N) is 2. The zero-order valence-electron chi connectivity index (χ0n) is 9.74. The van der Waals surface area contributed by atoms with E-state index in [0.29, 0.717) is 23.3 Å². The van der Waals surface area contributed by atoms with Gasteiger partial charge in [0.05, 0.1) is 24.1 Å². The molecule has 0 saturated carbocycles. The van der Waals surface area contributed by atoms with Gasteiger partial charge in [0, 0.05) is 12.5 Å². The molecule has 0 bridgehead atoms. The molecule has 2 rings (SSSR count). The van der Waals surface area contributed by atoms with Crippen molar-refractivity contribution in [1.29, 1.82) is 0 Å². The third-order valence-corrected chi connectivity index (χ3v) is 3.29. The lowest BCUT2D eigenvalue weighted by atomic mass is 10.2. The summed E-state index contributed by atoms with van der Waals surface area (Å²) in [5.41, 5.74) is 0.793. The van der Waals surface area contributed by atoms with Crippen LogP contribution in [0.3, 0.4) is 0 Å². The van der Waals surface area contributed by atoms with E-state index in [1.807, 2.05) is 0 Å². The van der Waals surface area contributed by atoms with Crippen molar-refractivity contribution in [3.63, 3.8) is 0 Å². The van der Waals surface area contributed by atoms with E-state index in [2.05, 4.69) is 5.10 Å². The van der Waals surface area contributed by atoms with E-state index in [4.69, 9.17) is 4.42 Å². The second-order valence-corrected chi connectivity index (χ2v) is 6.18. The van der Waals surface area contributed by atoms with Gasteiger partial charge >= 0.3 is 0 Å². The number of rotatable bonds is 5. The summed E-state index contributed by atoms with van der Waals surface area (Å²) in [4.78, 5) is 10.9. The van der Waals surface area contributed by atoms with Crippen molar-refractivity contribution in [2.45, 2.75) is 6.54 Å². The Morgan fingerprint density at radius 3 is 2.83 bits per heavy atom. The van der Waals surface area contributed by atoms with Gasteiger partial charge in [0.15, 0.2) is 12.0 Å². The lowest BCUT2D eigenvalue weighted by Gasteiger charge is -1.98. The normalized spacial score (nSPS) is 11.6. The summed E-state index contributed by atoms with van der Waals surface area (Å²) in [5, 5.41) is 4.15. The van der Waals surface area contributed by atoms with Crippen molar-refractivity contribution in [2.24, 2.45) is 0 Å². The molecule has 0 aliphatic rings. The van der Waals surface area contributed by atoms with Crippen molar-refractivity contribution in [1.82, 2.24) is 9.78 Å². The van der Waals surface area contributed by atoms with Crippen LogP contribution >= 0.6 is 0 Å². The second-order valence-electron chi connectivity index (χ2n) is 3.92. The molecule has 2 aromatic rings. The molecule has 18 heavy (non-hydrogen) atoms. The Labute approximate surface area is 104 Å². The monoisotopic (exact) mass is 268 g/mol. The van der Waals surface area contributed by atoms with E-state index in [1.165, 1.54) is 17.1 Å². The third-order valence-electron chi connectivity index (χ3n) is 2.36. The number of sulfone groups is 1. The third kappa shape index (κ3) is 2.86. The van der Waals surface area contributed by atoms with Gasteiger partial charge in [0.2, 0.25) is 0 Å². The van der Waals surface area contributed by atoms with Crippen LogP contribution in [-0.4, -0.2) is 36.5 Å². The first-order valence-electron chi connectivity index (χ1n) is 5.24. The van der Waals surface area contributed by atoms with Crippen LogP contribution in [0.25, 0.3) is 11.5 Å². The van der Waals surface area contributed by atoms with E-state index in [9.17, 15) is 13.2 Å². The maximum atomic E-state index is 11.1. The summed E-state index contributed by atoms with van der Waals surface area (Å²) in [7, 11) is -3.06. The van der Waals surface area contributed by atoms with E-state index in [0.717, 1.165) is 6.26 Å². The lowest BCUT2D eigenvalue weighted by Crippen LogP contribution is -2.11. The van der Waals surface area contributed by atoms with Crippen LogP contribution in [0.1, 0.15) is 10.4 Å². The molecule has 0 aliphatic heterocycles. The van der Waals surface area contributed by atoms with Gasteiger partial charge < -0.3 is 4.42 Å². The van der Waals surface area contributed by atoms with Crippen LogP contribution in [0.15, 0.2) is 29.0 Å². The molecular formula is C11H12N2O4S. The highest BCUT2D eigenvalue weighted by atomic mass is 32.2. The molecule has 0 saturated heterocycles. The van der Waals surface area contributed by atoms with Gasteiger partial charge in [-0.3, -0.25) is 9.48 Å². The maximum absolute atomic E-state index is 11.1. The molecular weight excluding hydrogens is 256 g/mol. The maximum Gasteiger partial charge on any atom is 0.154 e. The van der Waals surface area contributed by atoms with Gasteiger partial charge in [-0.1, -0.05) is 0 Å². The minimum atomic E-state index is -3.06. The molecule has 0 fully saturated rings. The topological polar surface area (TPSA) is 82.2 Å². The number of hydrogen-bond donors (Lipinski definition) is 0. The van der Waals surface area contributed by atoms with E-state index in [1.54, 1.807) is 12.1 Å². The standard InChI is InChI=1S/C11H12N2O4S/c1-18(15,16)6-4-13-7-9(8-14)11(12-13)10-3-2-5-17-10/h2-3,5,7-8H,4,6H2,1H3. The van der Waals surface area contributed by atoms with Gasteiger partial charge in [-0.2, -0.15) is 5.10 Å². The fraction of sp³-hybridized carbons (Fsp3) is 0.273. The molecule has 0 aromatic carbocycles. The largest absolute Gasteiger partial charge is 0.463 e. The summed E-state index contributed by atoms with van der Waals surface area (Å²) in [6.45, 7) is 0.209. The first kappa shape index (κ1) is 12.6. The molecule has 2 heterocycles. The average Bonchev–Trinajstić information content (AvgIpc) is 2.94. The molecule has 2 aromatic heterocycles. The molecule has 0 unspecified atom stereocenters. The Kier molecular flexibility index (Phi) is 3.33. The predicted octanol–water partition coefficient (Wildman–Crippen LogP) is 1.00. The highest BCUT2D eigenvalue weighted by Crippen LogP contribution is 2.21. The Balaban J connectivity index is 2.27. The van der Waals surface area contributed by atoms with Crippen LogP contribution in [0.5, 0.6) is 0 Å². The number of aromatic nitrogens is 2. The van der Waals surface area contributed by atoms with Crippen LogP contribution in [-0.2, 0) is 16.4 Å². The summed E-state index contributed by atoms with van der Waals surface area (Å²) in [6.07, 6.45) is 4.82. The Bertz CT molecular complexity index is 641. The van der Waals surface area contributed by atoms with Gasteiger partial charge in [-0.15, -0.1) is 0 Å². The van der Waals surface area contributed by atoms with Gasteiger partial charge in [-0.25, -0.2) is 8.42 Å². The summed E-state index contributed by atoms with van der Waals surface area (Å²) in [5.74, 6) is 0.458. The minimum Gasteiger partial charge on any atom is -0.463 e. The minimum absolute atomic E-state index is 0.0232. The van der Waals surface area contributed by atoms with Crippen molar-refractivity contribution in [2.75, 3.05) is 12.0 Å². The number of aryl methyl sites for hydroxylation is 1. The Morgan fingerprint density at radius 1 is 1.50 bits per heavy atom. The number of aldehydes is 1. The van der Waals surface area contributed by atoms with Crippen LogP contribution < -0.4 is 0 Å². The highest BCUT2D eigenvalue weighted by molar-refractivity contribution is 7.90. The Morgan fingerprint density at radius 2 is 2.28 bits per heavy atom. The molecule has 0 radical (unpaired) electrons. The molecule has 0 aliphatic carbocycles. The zero-order chi connectivity index (χ0) is 13.2. The molecule has 96 valence electrons. The van der Waals surface area contributed by atoms with Crippen molar-refractivity contribution < 1.29 is 17.6 Å². The van der Waals surface area contributed by atoms with E-state index in [-0.39, 0.29) is 12.3 Å². The molecule has 7 heteroatoms. The van der Waals surface area contributed by atoms with Crippen molar-refractivity contribution in [3.05, 3.63) is 30.2 Å². The predicted molar refractivity (Wildman–Crippen MR) is 65.0 cm³/mol. The Hall–Kier alpha value is -1.89. The fourth-order valence-electron chi connectivity index (χ4n) is 1.50. The van der Waals surface area contributed by atoms with Gasteiger partial charge in [0.25, 0.3) is 0 Å². The molecule has 0 spiro atoms. The van der Waals surface area contributed by atoms with Crippen molar-refractivity contribution in [3.8, 4) is 11.5 Å². The summed E-state index contributed by atoms with van der Waals surface area (Å²) < 4.78 is 28.7. The van der Waals surface area contributed by atoms with Crippen LogP contribution in [0.4, 0.5) is 0 Å². The molecule has 6 nitrogen and oxygen atoms in total. The van der Waals surface area contributed by atoms with Crippen molar-refractivity contribution >= 4 is 16.1 Å². The number of hydrogen-bond acceptors (Lipinski definition) is 5. The summed E-state index contributed by atoms with van der Waals surface area (Å²) in [6, 6.07) is 3.38. The summed E-state index contributed by atoms with van der Waals surface area (Å²) >= 11 is 0. The number of furan rings is 1. The second kappa shape index (κ2) is 4.77. The van der Waals surface area contributed by atoms with E-state index >= 15 is 0 Å². The first-order valence-corrected chi connectivity index (χ1v) is 7.30. The molecule has 0 amide bonds. The average molecular weight is 268 g/mol. The molecule has 0 atom stereocenters. The van der Waals surface area contributed by atoms with E-state index < -0.39 is 9.84 Å². The smallest absolute Gasteiger partial charge is 0.154 e.